The first kappa shape index (κ1) is 23.1. The number of carbonyl (C=O) groups is 3. The fourth-order valence-corrected chi connectivity index (χ4v) is 4.35. The van der Waals surface area contributed by atoms with Crippen molar-refractivity contribution in [3.63, 3.8) is 0 Å². The molecule has 3 N–H and O–H groups in total. The number of piperazine rings is 1. The van der Waals surface area contributed by atoms with Gasteiger partial charge < -0.3 is 20.9 Å². The molecule has 0 bridgehead atoms. The molecule has 34 heavy (non-hydrogen) atoms. The molecule has 174 valence electrons. The first-order valence-corrected chi connectivity index (χ1v) is 11.3. The van der Waals surface area contributed by atoms with Crippen LogP contribution in [-0.4, -0.2) is 46.7 Å². The molecule has 2 aromatic rings. The first-order valence-electron chi connectivity index (χ1n) is 11.3. The van der Waals surface area contributed by atoms with Gasteiger partial charge in [0.1, 0.15) is 12.6 Å². The molecule has 2 aliphatic rings. The van der Waals surface area contributed by atoms with Crippen molar-refractivity contribution >= 4 is 34.7 Å². The van der Waals surface area contributed by atoms with Crippen LogP contribution in [-0.2, 0) is 16.1 Å². The molecule has 2 saturated heterocycles. The van der Waals surface area contributed by atoms with Crippen LogP contribution in [0, 0.1) is 11.8 Å². The number of carbonyl (C=O) groups excluding carboxylic acids is 3. The van der Waals surface area contributed by atoms with Crippen LogP contribution in [0.15, 0.2) is 48.5 Å². The molecule has 7 nitrogen and oxygen atoms in total. The standard InChI is InChI=1S/C27H28N4O3/c1-3-4-6-18(2)21-12-13-22(28)23(15-21)29-26(33)20-10-8-19(9-11-20)16-30-17-25(32)31-14-5-7-24(31)27(30)34/h6,8-13,15,24H,5,7,14,16-17,28H2,1-2H3,(H,29,33)/b18-6+. The third kappa shape index (κ3) is 4.81. The Morgan fingerprint density at radius 3 is 2.65 bits per heavy atom. The van der Waals surface area contributed by atoms with Gasteiger partial charge in [0.2, 0.25) is 11.8 Å². The second-order valence-electron chi connectivity index (χ2n) is 8.61. The molecule has 1 unspecified atom stereocenters. The van der Waals surface area contributed by atoms with E-state index in [1.165, 1.54) is 0 Å². The third-order valence-electron chi connectivity index (χ3n) is 6.28. The molecule has 0 spiro atoms. The maximum atomic E-state index is 12.8. The van der Waals surface area contributed by atoms with E-state index in [2.05, 4.69) is 17.2 Å². The van der Waals surface area contributed by atoms with E-state index >= 15 is 0 Å². The van der Waals surface area contributed by atoms with Crippen LogP contribution >= 0.6 is 0 Å². The Kier molecular flexibility index (Phi) is 6.69. The number of nitrogens with two attached hydrogens (primary N) is 1. The SMILES string of the molecule is CC#C/C=C(\C)c1ccc(N)c(NC(=O)c2ccc(CN3CC(=O)N4CCCC4C3=O)cc2)c1. The number of nitrogen functional groups attached to an aromatic ring is 1. The van der Waals surface area contributed by atoms with Gasteiger partial charge in [-0.05, 0) is 73.7 Å². The van der Waals surface area contributed by atoms with Crippen molar-refractivity contribution in [1.29, 1.82) is 0 Å². The van der Waals surface area contributed by atoms with Gasteiger partial charge in [-0.2, -0.15) is 0 Å². The molecule has 2 heterocycles. The summed E-state index contributed by atoms with van der Waals surface area (Å²) < 4.78 is 0. The maximum absolute atomic E-state index is 12.8. The molecular weight excluding hydrogens is 428 g/mol. The van der Waals surface area contributed by atoms with Crippen LogP contribution in [0.3, 0.4) is 0 Å². The number of rotatable bonds is 5. The summed E-state index contributed by atoms with van der Waals surface area (Å²) in [6, 6.07) is 12.2. The highest BCUT2D eigenvalue weighted by Gasteiger charge is 2.41. The first-order chi connectivity index (χ1) is 16.4. The van der Waals surface area contributed by atoms with E-state index in [9.17, 15) is 14.4 Å². The highest BCUT2D eigenvalue weighted by molar-refractivity contribution is 6.06. The van der Waals surface area contributed by atoms with Crippen LogP contribution in [0.5, 0.6) is 0 Å². The topological polar surface area (TPSA) is 95.7 Å². The highest BCUT2D eigenvalue weighted by Crippen LogP contribution is 2.26. The van der Waals surface area contributed by atoms with Crippen molar-refractivity contribution in [2.45, 2.75) is 39.3 Å². The van der Waals surface area contributed by atoms with Crippen molar-refractivity contribution in [2.24, 2.45) is 0 Å². The number of benzene rings is 2. The summed E-state index contributed by atoms with van der Waals surface area (Å²) in [7, 11) is 0. The molecular formula is C27H28N4O3. The summed E-state index contributed by atoms with van der Waals surface area (Å²) in [6.45, 7) is 4.84. The Morgan fingerprint density at radius 2 is 1.91 bits per heavy atom. The highest BCUT2D eigenvalue weighted by atomic mass is 16.2. The fraction of sp³-hybridized carbons (Fsp3) is 0.296. The fourth-order valence-electron chi connectivity index (χ4n) is 4.35. The van der Waals surface area contributed by atoms with Crippen LogP contribution in [0.2, 0.25) is 0 Å². The quantitative estimate of drug-likeness (QED) is 0.533. The number of nitrogens with one attached hydrogen (secondary N) is 1. The van der Waals surface area contributed by atoms with E-state index in [1.807, 2.05) is 37.3 Å². The van der Waals surface area contributed by atoms with Gasteiger partial charge in [0, 0.05) is 18.7 Å². The van der Waals surface area contributed by atoms with E-state index in [-0.39, 0.29) is 30.3 Å². The van der Waals surface area contributed by atoms with Crippen LogP contribution in [0.25, 0.3) is 5.57 Å². The molecule has 3 amide bonds. The minimum atomic E-state index is -0.319. The summed E-state index contributed by atoms with van der Waals surface area (Å²) in [5, 5.41) is 2.87. The van der Waals surface area contributed by atoms with Crippen molar-refractivity contribution < 1.29 is 14.4 Å². The lowest BCUT2D eigenvalue weighted by Gasteiger charge is -2.36. The zero-order chi connectivity index (χ0) is 24.2. The number of fused-ring (bicyclic) bond motifs is 1. The Hall–Kier alpha value is -4.05. The molecule has 0 radical (unpaired) electrons. The zero-order valence-corrected chi connectivity index (χ0v) is 19.4. The summed E-state index contributed by atoms with van der Waals surface area (Å²) in [4.78, 5) is 41.2. The number of amides is 3. The minimum Gasteiger partial charge on any atom is -0.397 e. The van der Waals surface area contributed by atoms with Gasteiger partial charge in [-0.25, -0.2) is 0 Å². The number of anilines is 2. The monoisotopic (exact) mass is 456 g/mol. The molecule has 0 aromatic heterocycles. The van der Waals surface area contributed by atoms with E-state index in [0.29, 0.717) is 30.0 Å². The Labute approximate surface area is 199 Å². The van der Waals surface area contributed by atoms with Crippen molar-refractivity contribution in [3.05, 3.63) is 65.2 Å². The molecule has 2 fully saturated rings. The summed E-state index contributed by atoms with van der Waals surface area (Å²) >= 11 is 0. The molecule has 1 atom stereocenters. The second-order valence-corrected chi connectivity index (χ2v) is 8.61. The van der Waals surface area contributed by atoms with Gasteiger partial charge in [-0.1, -0.05) is 24.1 Å². The van der Waals surface area contributed by atoms with E-state index in [4.69, 9.17) is 5.73 Å². The lowest BCUT2D eigenvalue weighted by Crippen LogP contribution is -2.56. The number of hydrogen-bond donors (Lipinski definition) is 2. The van der Waals surface area contributed by atoms with E-state index < -0.39 is 0 Å². The molecule has 0 saturated carbocycles. The number of allylic oxidation sites excluding steroid dienone is 2. The van der Waals surface area contributed by atoms with Gasteiger partial charge in [0.25, 0.3) is 5.91 Å². The number of nitrogens with zero attached hydrogens (tertiary/aromatic N) is 2. The van der Waals surface area contributed by atoms with E-state index in [0.717, 1.165) is 29.5 Å². The predicted octanol–water partition coefficient (Wildman–Crippen LogP) is 3.28. The van der Waals surface area contributed by atoms with Crippen LogP contribution in [0.1, 0.15) is 48.2 Å². The summed E-state index contributed by atoms with van der Waals surface area (Å²) in [5.74, 6) is 5.48. The Balaban J connectivity index is 1.43. The van der Waals surface area contributed by atoms with Crippen molar-refractivity contribution in [1.82, 2.24) is 9.80 Å². The minimum absolute atomic E-state index is 0.00328. The van der Waals surface area contributed by atoms with Gasteiger partial charge in [-0.3, -0.25) is 14.4 Å². The van der Waals surface area contributed by atoms with Crippen molar-refractivity contribution in [3.8, 4) is 11.8 Å². The largest absolute Gasteiger partial charge is 0.397 e. The lowest BCUT2D eigenvalue weighted by atomic mass is 10.0. The number of hydrogen-bond acceptors (Lipinski definition) is 4. The van der Waals surface area contributed by atoms with E-state index in [1.54, 1.807) is 34.9 Å². The van der Waals surface area contributed by atoms with Gasteiger partial charge in [0.15, 0.2) is 0 Å². The average Bonchev–Trinajstić information content (AvgIpc) is 3.33. The normalized spacial score (nSPS) is 17.8. The Bertz CT molecular complexity index is 1220. The Morgan fingerprint density at radius 1 is 1.18 bits per heavy atom. The van der Waals surface area contributed by atoms with Gasteiger partial charge >= 0.3 is 0 Å². The summed E-state index contributed by atoms with van der Waals surface area (Å²) in [6.07, 6.45) is 3.42. The molecule has 2 aliphatic heterocycles. The zero-order valence-electron chi connectivity index (χ0n) is 19.4. The smallest absolute Gasteiger partial charge is 0.255 e. The summed E-state index contributed by atoms with van der Waals surface area (Å²) in [5.41, 5.74) is 10.3. The predicted molar refractivity (Wildman–Crippen MR) is 133 cm³/mol. The molecule has 0 aliphatic carbocycles. The average molecular weight is 457 g/mol. The van der Waals surface area contributed by atoms with Crippen LogP contribution < -0.4 is 11.1 Å². The van der Waals surface area contributed by atoms with Gasteiger partial charge in [0.05, 0.1) is 11.4 Å². The molecule has 2 aromatic carbocycles. The van der Waals surface area contributed by atoms with Crippen molar-refractivity contribution in [2.75, 3.05) is 24.1 Å². The molecule has 7 heteroatoms. The van der Waals surface area contributed by atoms with Crippen LogP contribution in [0.4, 0.5) is 11.4 Å². The third-order valence-corrected chi connectivity index (χ3v) is 6.28. The molecule has 4 rings (SSSR count). The lowest BCUT2D eigenvalue weighted by molar-refractivity contribution is -0.154. The second kappa shape index (κ2) is 9.84. The maximum Gasteiger partial charge on any atom is 0.255 e. The van der Waals surface area contributed by atoms with Gasteiger partial charge in [-0.15, -0.1) is 5.92 Å².